The van der Waals surface area contributed by atoms with Gasteiger partial charge in [-0.25, -0.2) is 16.8 Å². The molecule has 3 aromatic rings. The fraction of sp³-hybridized carbons (Fsp3) is 0. The zero-order valence-electron chi connectivity index (χ0n) is 17.0. The number of carbonyl (C=O) groups excluding carboxylic acids is 2. The van der Waals surface area contributed by atoms with E-state index in [4.69, 9.17) is 0 Å². The predicted octanol–water partition coefficient (Wildman–Crippen LogP) is -4.04. The summed E-state index contributed by atoms with van der Waals surface area (Å²) in [6, 6.07) is 14.7. The summed E-state index contributed by atoms with van der Waals surface area (Å²) in [4.78, 5) is 24.3. The Morgan fingerprint density at radius 2 is 0.812 bits per heavy atom. The van der Waals surface area contributed by atoms with Crippen molar-refractivity contribution >= 4 is 31.8 Å². The Hall–Kier alpha value is -1.18. The minimum absolute atomic E-state index is 0. The Labute approximate surface area is 229 Å². The van der Waals surface area contributed by atoms with E-state index in [2.05, 4.69) is 0 Å². The predicted molar refractivity (Wildman–Crippen MR) is 102 cm³/mol. The molecular formula is C20H12Na2O8S2. The average Bonchev–Trinajstić information content (AvgIpc) is 2.71. The van der Waals surface area contributed by atoms with Crippen LogP contribution in [0.1, 0.15) is 31.8 Å². The molecule has 0 aliphatic heterocycles. The minimum atomic E-state index is -4.75. The Morgan fingerprint density at radius 1 is 0.531 bits per heavy atom. The molecule has 154 valence electrons. The first kappa shape index (κ1) is 28.9. The van der Waals surface area contributed by atoms with Crippen LogP contribution in [0.4, 0.5) is 0 Å². The third-order valence-electron chi connectivity index (χ3n) is 4.16. The fourth-order valence-electron chi connectivity index (χ4n) is 2.72. The van der Waals surface area contributed by atoms with Crippen molar-refractivity contribution in [1.29, 1.82) is 0 Å². The first-order valence-corrected chi connectivity index (χ1v) is 11.1. The largest absolute Gasteiger partial charge is 1.00 e. The van der Waals surface area contributed by atoms with Gasteiger partial charge in [-0.2, -0.15) is 0 Å². The van der Waals surface area contributed by atoms with Gasteiger partial charge in [0.1, 0.15) is 20.2 Å². The van der Waals surface area contributed by atoms with Crippen LogP contribution < -0.4 is 59.1 Å². The molecule has 0 unspecified atom stereocenters. The van der Waals surface area contributed by atoms with E-state index >= 15 is 0 Å². The molecule has 0 aliphatic rings. The quantitative estimate of drug-likeness (QED) is 0.193. The second-order valence-corrected chi connectivity index (χ2v) is 8.96. The average molecular weight is 490 g/mol. The molecule has 0 atom stereocenters. The van der Waals surface area contributed by atoms with Crippen LogP contribution >= 0.6 is 0 Å². The second kappa shape index (κ2) is 11.3. The summed E-state index contributed by atoms with van der Waals surface area (Å²) in [5, 5.41) is 0. The topological polar surface area (TPSA) is 149 Å². The summed E-state index contributed by atoms with van der Waals surface area (Å²) >= 11 is 0. The molecule has 0 spiro atoms. The maximum Gasteiger partial charge on any atom is 1.00 e. The van der Waals surface area contributed by atoms with Crippen molar-refractivity contribution in [2.24, 2.45) is 0 Å². The Kier molecular flexibility index (Phi) is 10.2. The summed E-state index contributed by atoms with van der Waals surface area (Å²) < 4.78 is 67.0. The van der Waals surface area contributed by atoms with Gasteiger partial charge < -0.3 is 9.11 Å². The molecule has 0 bridgehead atoms. The van der Waals surface area contributed by atoms with Crippen LogP contribution in [-0.2, 0) is 20.2 Å². The van der Waals surface area contributed by atoms with Gasteiger partial charge in [-0.15, -0.1) is 0 Å². The van der Waals surface area contributed by atoms with Gasteiger partial charge in [0.25, 0.3) is 0 Å². The zero-order chi connectivity index (χ0) is 22.1. The van der Waals surface area contributed by atoms with Crippen LogP contribution in [-0.4, -0.2) is 37.5 Å². The second-order valence-electron chi connectivity index (χ2n) is 6.20. The fourth-order valence-corrected chi connectivity index (χ4v) is 3.75. The van der Waals surface area contributed by atoms with Gasteiger partial charge in [0.05, 0.1) is 9.79 Å². The van der Waals surface area contributed by atoms with E-state index in [9.17, 15) is 35.5 Å². The van der Waals surface area contributed by atoms with E-state index in [1.54, 1.807) is 0 Å². The third kappa shape index (κ3) is 6.91. The summed E-state index contributed by atoms with van der Waals surface area (Å²) in [6.07, 6.45) is 0. The van der Waals surface area contributed by atoms with Crippen LogP contribution in [0.5, 0.6) is 0 Å². The van der Waals surface area contributed by atoms with Crippen molar-refractivity contribution in [3.05, 3.63) is 95.1 Å². The maximum absolute atomic E-state index is 12.7. The molecule has 8 nitrogen and oxygen atoms in total. The number of benzene rings is 3. The molecule has 12 heteroatoms. The van der Waals surface area contributed by atoms with Crippen LogP contribution in [0.25, 0.3) is 0 Å². The van der Waals surface area contributed by atoms with Gasteiger partial charge in [-0.1, -0.05) is 42.5 Å². The first-order chi connectivity index (χ1) is 14.0. The van der Waals surface area contributed by atoms with Crippen molar-refractivity contribution < 1.29 is 94.6 Å². The molecule has 0 saturated carbocycles. The van der Waals surface area contributed by atoms with E-state index in [1.807, 2.05) is 0 Å². The van der Waals surface area contributed by atoms with Crippen LogP contribution in [0.3, 0.4) is 0 Å². The Morgan fingerprint density at radius 3 is 1.12 bits per heavy atom. The maximum atomic E-state index is 12.7. The van der Waals surface area contributed by atoms with Crippen molar-refractivity contribution in [2.75, 3.05) is 0 Å². The molecule has 32 heavy (non-hydrogen) atoms. The van der Waals surface area contributed by atoms with Gasteiger partial charge in [-0.05, 0) is 30.3 Å². The molecular weight excluding hydrogens is 478 g/mol. The summed E-state index contributed by atoms with van der Waals surface area (Å²) in [6.45, 7) is 0. The SMILES string of the molecule is O=C(c1cccc(C(=O)c2cccc(S(=O)(=O)[O-])c2)c1)c1cccc(S(=O)(=O)[O-])c1.[Na+].[Na+]. The number of hydrogen-bond acceptors (Lipinski definition) is 8. The molecule has 0 saturated heterocycles. The molecule has 0 amide bonds. The number of hydrogen-bond donors (Lipinski definition) is 0. The monoisotopic (exact) mass is 490 g/mol. The van der Waals surface area contributed by atoms with Gasteiger partial charge in [0, 0.05) is 22.3 Å². The molecule has 0 N–H and O–H groups in total. The normalized spacial score (nSPS) is 11.1. The smallest absolute Gasteiger partial charge is 0.744 e. The summed E-state index contributed by atoms with van der Waals surface area (Å²) in [5.41, 5.74) is -0.0188. The Bertz CT molecular complexity index is 1280. The molecule has 3 rings (SSSR count). The Balaban J connectivity index is 0.00000256. The minimum Gasteiger partial charge on any atom is -0.744 e. The number of rotatable bonds is 6. The van der Waals surface area contributed by atoms with Gasteiger partial charge in [0.2, 0.25) is 0 Å². The summed E-state index contributed by atoms with van der Waals surface area (Å²) in [5.74, 6) is -1.24. The molecule has 0 heterocycles. The van der Waals surface area contributed by atoms with E-state index < -0.39 is 41.6 Å². The van der Waals surface area contributed by atoms with Crippen molar-refractivity contribution in [2.45, 2.75) is 9.79 Å². The standard InChI is InChI=1S/C20H14O8S2.2Na/c21-19(15-6-2-8-17(11-15)29(23,24)25)13-4-1-5-14(10-13)20(22)16-7-3-9-18(12-16)30(26,27)28;;/h1-12H,(H,23,24,25)(H,26,27,28);;/q;2*+1/p-2. The molecule has 0 radical (unpaired) electrons. The molecule has 0 aromatic heterocycles. The molecule has 0 aliphatic carbocycles. The van der Waals surface area contributed by atoms with E-state index in [0.29, 0.717) is 0 Å². The van der Waals surface area contributed by atoms with E-state index in [0.717, 1.165) is 24.3 Å². The summed E-state index contributed by atoms with van der Waals surface area (Å²) in [7, 11) is -9.49. The number of carbonyl (C=O) groups is 2. The first-order valence-electron chi connectivity index (χ1n) is 8.28. The van der Waals surface area contributed by atoms with Crippen LogP contribution in [0.2, 0.25) is 0 Å². The molecule has 3 aromatic carbocycles. The van der Waals surface area contributed by atoms with Gasteiger partial charge >= 0.3 is 59.1 Å². The third-order valence-corrected chi connectivity index (χ3v) is 5.82. The molecule has 0 fully saturated rings. The van der Waals surface area contributed by atoms with Gasteiger partial charge in [0.15, 0.2) is 11.6 Å². The van der Waals surface area contributed by atoms with Crippen molar-refractivity contribution in [3.63, 3.8) is 0 Å². The van der Waals surface area contributed by atoms with Crippen LogP contribution in [0.15, 0.2) is 82.6 Å². The number of ketones is 2. The van der Waals surface area contributed by atoms with Gasteiger partial charge in [-0.3, -0.25) is 9.59 Å². The zero-order valence-corrected chi connectivity index (χ0v) is 22.6. The van der Waals surface area contributed by atoms with Crippen molar-refractivity contribution in [3.8, 4) is 0 Å². The van der Waals surface area contributed by atoms with E-state index in [-0.39, 0.29) is 81.4 Å². The van der Waals surface area contributed by atoms with Crippen molar-refractivity contribution in [1.82, 2.24) is 0 Å². The van der Waals surface area contributed by atoms with E-state index in [1.165, 1.54) is 48.5 Å². The van der Waals surface area contributed by atoms with Crippen LogP contribution in [0, 0.1) is 0 Å².